The summed E-state index contributed by atoms with van der Waals surface area (Å²) in [5, 5.41) is 2.40. The summed E-state index contributed by atoms with van der Waals surface area (Å²) in [6.45, 7) is 0. The van der Waals surface area contributed by atoms with Gasteiger partial charge in [0.1, 0.15) is 0 Å². The first kappa shape index (κ1) is 6.49. The molecule has 0 saturated heterocycles. The third-order valence-corrected chi connectivity index (χ3v) is 0.722. The molecule has 0 aromatic carbocycles. The first-order valence-corrected chi connectivity index (χ1v) is 2.30. The lowest BCUT2D eigenvalue weighted by atomic mass is 11.0. The highest BCUT2D eigenvalue weighted by Gasteiger charge is 1.94. The Morgan fingerprint density at radius 2 is 2.29 bits per heavy atom. The quantitative estimate of drug-likeness (QED) is 0.418. The van der Waals surface area contributed by atoms with Gasteiger partial charge in [-0.2, -0.15) is 0 Å². The summed E-state index contributed by atoms with van der Waals surface area (Å²) in [7, 11) is 6.14. The molecule has 0 aliphatic rings. The molecule has 3 nitrogen and oxygen atoms in total. The summed E-state index contributed by atoms with van der Waals surface area (Å²) < 4.78 is 1.28. The lowest BCUT2D eigenvalue weighted by molar-refractivity contribution is 0.231. The van der Waals surface area contributed by atoms with E-state index in [0.29, 0.717) is 0 Å². The summed E-state index contributed by atoms with van der Waals surface area (Å²) in [5.41, 5.74) is 0. The van der Waals surface area contributed by atoms with Crippen LogP contribution < -0.4 is 5.32 Å². The fraction of sp³-hybridized carbons (Fsp3) is 0.667. The van der Waals surface area contributed by atoms with Crippen LogP contribution in [-0.2, 0) is 0 Å². The molecule has 0 atom stereocenters. The summed E-state index contributed by atoms with van der Waals surface area (Å²) in [6, 6.07) is -0.156. The number of hydrogen-bond donors (Lipinski definition) is 1. The predicted octanol–water partition coefficient (Wildman–Crippen LogP) is -0.659. The van der Waals surface area contributed by atoms with Gasteiger partial charge < -0.3 is 9.88 Å². The van der Waals surface area contributed by atoms with Gasteiger partial charge in [-0.1, -0.05) is 0 Å². The van der Waals surface area contributed by atoms with Gasteiger partial charge in [-0.3, -0.25) is 0 Å². The Kier molecular flexibility index (Phi) is 2.43. The van der Waals surface area contributed by atoms with Crippen molar-refractivity contribution in [2.45, 2.75) is 0 Å². The third kappa shape index (κ3) is 2.22. The van der Waals surface area contributed by atoms with Gasteiger partial charge >= 0.3 is 6.03 Å². The molecule has 0 bridgehead atoms. The van der Waals surface area contributed by atoms with Crippen LogP contribution in [0.5, 0.6) is 0 Å². The lowest BCUT2D eigenvalue weighted by Gasteiger charge is -2.06. The van der Waals surface area contributed by atoms with Gasteiger partial charge in [-0.15, -0.1) is 0 Å². The molecule has 2 amide bonds. The van der Waals surface area contributed by atoms with Gasteiger partial charge in [-0.25, -0.2) is 4.79 Å². The Balaban J connectivity index is 3.35. The van der Waals surface area contributed by atoms with Crippen LogP contribution in [0.25, 0.3) is 0 Å². The Morgan fingerprint density at radius 1 is 1.86 bits per heavy atom. The molecule has 0 heterocycles. The van der Waals surface area contributed by atoms with Crippen molar-refractivity contribution in [1.82, 2.24) is 9.88 Å². The Hall–Kier alpha value is -0.513. The van der Waals surface area contributed by atoms with E-state index in [4.69, 9.17) is 0 Å². The molecule has 4 heteroatoms. The maximum Gasteiger partial charge on any atom is 0.308 e. The van der Waals surface area contributed by atoms with Crippen LogP contribution in [0, 0.1) is 0 Å². The van der Waals surface area contributed by atoms with Crippen molar-refractivity contribution in [3.63, 3.8) is 0 Å². The highest BCUT2D eigenvalue weighted by Crippen LogP contribution is 1.69. The van der Waals surface area contributed by atoms with Gasteiger partial charge in [0.2, 0.25) is 0 Å². The molecule has 3 radical (unpaired) electrons. The highest BCUT2D eigenvalue weighted by molar-refractivity contribution is 6.13. The van der Waals surface area contributed by atoms with E-state index in [0.717, 1.165) is 0 Å². The van der Waals surface area contributed by atoms with Gasteiger partial charge in [0.15, 0.2) is 10.4 Å². The molecule has 0 aliphatic heterocycles. The van der Waals surface area contributed by atoms with Crippen LogP contribution in [-0.4, -0.2) is 35.1 Å². The van der Waals surface area contributed by atoms with Crippen molar-refractivity contribution in [2.24, 2.45) is 0 Å². The molecule has 0 aromatic heterocycles. The van der Waals surface area contributed by atoms with Crippen LogP contribution in [0.4, 0.5) is 4.79 Å². The fourth-order valence-corrected chi connectivity index (χ4v) is 0.280. The van der Waals surface area contributed by atoms with Crippen molar-refractivity contribution >= 4 is 16.4 Å². The molecule has 0 fully saturated rings. The maximum atomic E-state index is 10.3. The monoisotopic (exact) mass is 115 g/mol. The number of nitrogens with one attached hydrogen (secondary N) is 1. The van der Waals surface area contributed by atoms with Crippen LogP contribution >= 0.6 is 0 Å². The van der Waals surface area contributed by atoms with E-state index in [9.17, 15) is 4.79 Å². The number of rotatable bonds is 0. The number of carbonyl (C=O) groups excluding carboxylic acids is 1. The van der Waals surface area contributed by atoms with E-state index in [1.54, 1.807) is 14.1 Å². The van der Waals surface area contributed by atoms with Crippen molar-refractivity contribution in [3.05, 3.63) is 0 Å². The van der Waals surface area contributed by atoms with Crippen LogP contribution in [0.15, 0.2) is 0 Å². The van der Waals surface area contributed by atoms with Crippen molar-refractivity contribution < 1.29 is 4.79 Å². The average Bonchev–Trinajstić information content (AvgIpc) is 1.65. The van der Waals surface area contributed by atoms with Crippen LogP contribution in [0.2, 0.25) is 0 Å². The lowest BCUT2D eigenvalue weighted by Crippen LogP contribution is -2.32. The van der Waals surface area contributed by atoms with E-state index in [1.807, 2.05) is 0 Å². The normalized spacial score (nSPS) is 7.86. The molecular weight excluding hydrogens is 108 g/mol. The van der Waals surface area contributed by atoms with Crippen molar-refractivity contribution in [1.29, 1.82) is 0 Å². The molecule has 7 heavy (non-hydrogen) atoms. The fourth-order valence-electron chi connectivity index (χ4n) is 0.168. The predicted molar refractivity (Wildman–Crippen MR) is 28.0 cm³/mol. The highest BCUT2D eigenvalue weighted by atomic mass is 28.2. The minimum atomic E-state index is -0.156. The van der Waals surface area contributed by atoms with Gasteiger partial charge in [0.25, 0.3) is 0 Å². The van der Waals surface area contributed by atoms with Gasteiger partial charge in [-0.05, 0) is 0 Å². The van der Waals surface area contributed by atoms with Crippen LogP contribution in [0.1, 0.15) is 0 Å². The second-order valence-electron chi connectivity index (χ2n) is 1.11. The molecule has 0 saturated carbocycles. The largest absolute Gasteiger partial charge is 0.356 e. The van der Waals surface area contributed by atoms with Crippen molar-refractivity contribution in [3.8, 4) is 0 Å². The SMILES string of the molecule is CNC(=O)N(C)[Si]. The molecule has 0 rings (SSSR count). The van der Waals surface area contributed by atoms with Gasteiger partial charge in [0.05, 0.1) is 0 Å². The van der Waals surface area contributed by atoms with Gasteiger partial charge in [0, 0.05) is 14.1 Å². The van der Waals surface area contributed by atoms with E-state index in [-0.39, 0.29) is 6.03 Å². The molecule has 0 unspecified atom stereocenters. The zero-order valence-electron chi connectivity index (χ0n) is 4.36. The summed E-state index contributed by atoms with van der Waals surface area (Å²) in [6.07, 6.45) is 0. The van der Waals surface area contributed by atoms with E-state index >= 15 is 0 Å². The maximum absolute atomic E-state index is 10.3. The Morgan fingerprint density at radius 3 is 2.29 bits per heavy atom. The van der Waals surface area contributed by atoms with E-state index < -0.39 is 0 Å². The Bertz CT molecular complexity index is 73.3. The first-order chi connectivity index (χ1) is 3.18. The minimum Gasteiger partial charge on any atom is -0.356 e. The number of carbonyl (C=O) groups is 1. The van der Waals surface area contributed by atoms with E-state index in [1.165, 1.54) is 4.57 Å². The zero-order valence-corrected chi connectivity index (χ0v) is 5.36. The minimum absolute atomic E-state index is 0.156. The molecular formula is C3H7N2OSi. The number of amides is 2. The van der Waals surface area contributed by atoms with Crippen LogP contribution in [0.3, 0.4) is 0 Å². The smallest absolute Gasteiger partial charge is 0.308 e. The van der Waals surface area contributed by atoms with Crippen molar-refractivity contribution in [2.75, 3.05) is 14.1 Å². The summed E-state index contributed by atoms with van der Waals surface area (Å²) in [5.74, 6) is 0. The topological polar surface area (TPSA) is 32.3 Å². The molecule has 1 N–H and O–H groups in total. The molecule has 0 spiro atoms. The molecule has 0 aromatic rings. The molecule has 39 valence electrons. The number of urea groups is 1. The number of nitrogens with zero attached hydrogens (tertiary/aromatic N) is 1. The van der Waals surface area contributed by atoms with E-state index in [2.05, 4.69) is 15.7 Å². The zero-order chi connectivity index (χ0) is 5.86. The summed E-state index contributed by atoms with van der Waals surface area (Å²) in [4.78, 5) is 10.3. The number of hydrogen-bond acceptors (Lipinski definition) is 1. The molecule has 0 aliphatic carbocycles. The Labute approximate surface area is 46.2 Å². The summed E-state index contributed by atoms with van der Waals surface area (Å²) >= 11 is 0. The second kappa shape index (κ2) is 2.63. The first-order valence-electron chi connectivity index (χ1n) is 1.85. The average molecular weight is 115 g/mol. The standard InChI is InChI=1S/C3H7N2OSi/c1-4-3(6)5(2)7/h1-2H3,(H,4,6). The second-order valence-corrected chi connectivity index (χ2v) is 1.78. The third-order valence-electron chi connectivity index (χ3n) is 0.519.